The van der Waals surface area contributed by atoms with Gasteiger partial charge in [-0.15, -0.1) is 12.4 Å². The molecule has 17 heavy (non-hydrogen) atoms. The van der Waals surface area contributed by atoms with Crippen molar-refractivity contribution >= 4 is 24.0 Å². The van der Waals surface area contributed by atoms with E-state index in [1.807, 2.05) is 0 Å². The predicted molar refractivity (Wildman–Crippen MR) is 74.6 cm³/mol. The van der Waals surface area contributed by atoms with E-state index in [1.54, 1.807) is 24.3 Å². The first-order valence-electron chi connectivity index (χ1n) is 5.69. The molecule has 0 aromatic heterocycles. The number of benzene rings is 1. The van der Waals surface area contributed by atoms with Crippen LogP contribution in [0, 0.1) is 0 Å². The summed E-state index contributed by atoms with van der Waals surface area (Å²) in [4.78, 5) is 11.9. The van der Waals surface area contributed by atoms with Crippen LogP contribution in [0.2, 0.25) is 0 Å². The lowest BCUT2D eigenvalue weighted by atomic mass is 9.95. The monoisotopic (exact) mass is 256 g/mol. The Morgan fingerprint density at radius 3 is 2.12 bits per heavy atom. The van der Waals surface area contributed by atoms with Crippen LogP contribution in [-0.4, -0.2) is 11.4 Å². The number of hydrogen-bond donors (Lipinski definition) is 2. The first-order chi connectivity index (χ1) is 7.50. The molecule has 96 valence electrons. The fourth-order valence-corrected chi connectivity index (χ4v) is 1.41. The summed E-state index contributed by atoms with van der Waals surface area (Å²) in [6.45, 7) is 6.21. The Labute approximate surface area is 109 Å². The molecule has 1 amide bonds. The van der Waals surface area contributed by atoms with Gasteiger partial charge in [0.1, 0.15) is 0 Å². The van der Waals surface area contributed by atoms with E-state index in [2.05, 4.69) is 26.1 Å². The standard InChI is InChI=1S/C13H20N2O.ClH/c1-4-13(3,5-2)15-12(16)10-6-8-11(14)9-7-10;/h6-9H,4-5,14H2,1-3H3,(H,15,16);1H. The number of halogens is 1. The minimum Gasteiger partial charge on any atom is -0.399 e. The van der Waals surface area contributed by atoms with Crippen LogP contribution in [0.4, 0.5) is 5.69 Å². The molecule has 4 heteroatoms. The largest absolute Gasteiger partial charge is 0.399 e. The van der Waals surface area contributed by atoms with Crippen LogP contribution < -0.4 is 11.1 Å². The lowest BCUT2D eigenvalue weighted by Gasteiger charge is -2.28. The van der Waals surface area contributed by atoms with Crippen LogP contribution in [-0.2, 0) is 0 Å². The highest BCUT2D eigenvalue weighted by atomic mass is 35.5. The topological polar surface area (TPSA) is 55.1 Å². The zero-order valence-electron chi connectivity index (χ0n) is 10.6. The maximum atomic E-state index is 11.9. The van der Waals surface area contributed by atoms with E-state index in [9.17, 15) is 4.79 Å². The van der Waals surface area contributed by atoms with Gasteiger partial charge in [-0.2, -0.15) is 0 Å². The Hall–Kier alpha value is -1.22. The molecule has 0 aliphatic rings. The molecule has 0 heterocycles. The molecule has 1 aromatic carbocycles. The second-order valence-electron chi connectivity index (χ2n) is 4.34. The number of amides is 1. The van der Waals surface area contributed by atoms with Gasteiger partial charge in [0.25, 0.3) is 5.91 Å². The maximum absolute atomic E-state index is 11.9. The Balaban J connectivity index is 0.00000256. The maximum Gasteiger partial charge on any atom is 0.251 e. The van der Waals surface area contributed by atoms with Gasteiger partial charge in [-0.05, 0) is 44.0 Å². The van der Waals surface area contributed by atoms with Crippen LogP contribution >= 0.6 is 12.4 Å². The van der Waals surface area contributed by atoms with Gasteiger partial charge in [-0.3, -0.25) is 4.79 Å². The number of anilines is 1. The molecule has 0 fully saturated rings. The van der Waals surface area contributed by atoms with Gasteiger partial charge >= 0.3 is 0 Å². The third-order valence-corrected chi connectivity index (χ3v) is 3.15. The highest BCUT2D eigenvalue weighted by Gasteiger charge is 2.22. The van der Waals surface area contributed by atoms with Crippen LogP contribution in [0.1, 0.15) is 44.0 Å². The summed E-state index contributed by atoms with van der Waals surface area (Å²) < 4.78 is 0. The van der Waals surface area contributed by atoms with E-state index in [0.29, 0.717) is 11.3 Å². The summed E-state index contributed by atoms with van der Waals surface area (Å²) >= 11 is 0. The number of carbonyl (C=O) groups excluding carboxylic acids is 1. The van der Waals surface area contributed by atoms with Crippen LogP contribution in [0.5, 0.6) is 0 Å². The van der Waals surface area contributed by atoms with Crippen LogP contribution in [0.3, 0.4) is 0 Å². The smallest absolute Gasteiger partial charge is 0.251 e. The van der Waals surface area contributed by atoms with E-state index in [-0.39, 0.29) is 23.9 Å². The van der Waals surface area contributed by atoms with Crippen molar-refractivity contribution in [2.75, 3.05) is 5.73 Å². The lowest BCUT2D eigenvalue weighted by molar-refractivity contribution is 0.0901. The normalized spacial score (nSPS) is 10.5. The molecule has 3 N–H and O–H groups in total. The number of nitrogens with one attached hydrogen (secondary N) is 1. The number of hydrogen-bond acceptors (Lipinski definition) is 2. The zero-order chi connectivity index (χ0) is 12.2. The Bertz CT molecular complexity index is 358. The van der Waals surface area contributed by atoms with Crippen molar-refractivity contribution < 1.29 is 4.79 Å². The highest BCUT2D eigenvalue weighted by Crippen LogP contribution is 2.15. The molecule has 0 saturated heterocycles. The van der Waals surface area contributed by atoms with Crippen molar-refractivity contribution in [3.05, 3.63) is 29.8 Å². The summed E-state index contributed by atoms with van der Waals surface area (Å²) in [6, 6.07) is 6.97. The summed E-state index contributed by atoms with van der Waals surface area (Å²) in [5, 5.41) is 3.05. The molecule has 3 nitrogen and oxygen atoms in total. The summed E-state index contributed by atoms with van der Waals surface area (Å²) in [7, 11) is 0. The molecular formula is C13H21ClN2O. The van der Waals surface area contributed by atoms with Gasteiger partial charge in [-0.1, -0.05) is 13.8 Å². The minimum absolute atomic E-state index is 0. The molecule has 1 aromatic rings. The van der Waals surface area contributed by atoms with Gasteiger partial charge in [0.15, 0.2) is 0 Å². The number of carbonyl (C=O) groups is 1. The van der Waals surface area contributed by atoms with Gasteiger partial charge in [0.05, 0.1) is 0 Å². The number of rotatable bonds is 4. The number of nitrogens with two attached hydrogens (primary N) is 1. The summed E-state index contributed by atoms with van der Waals surface area (Å²) in [5.41, 5.74) is 6.77. The number of nitrogen functional groups attached to an aromatic ring is 1. The molecule has 0 aliphatic carbocycles. The van der Waals surface area contributed by atoms with Crippen molar-refractivity contribution in [2.24, 2.45) is 0 Å². The molecule has 0 aliphatic heterocycles. The Morgan fingerprint density at radius 2 is 1.71 bits per heavy atom. The van der Waals surface area contributed by atoms with Gasteiger partial charge in [-0.25, -0.2) is 0 Å². The Kier molecular flexibility index (Phi) is 6.03. The van der Waals surface area contributed by atoms with Gasteiger partial charge in [0.2, 0.25) is 0 Å². The minimum atomic E-state index is -0.127. The first kappa shape index (κ1) is 15.8. The Morgan fingerprint density at radius 1 is 1.24 bits per heavy atom. The van der Waals surface area contributed by atoms with E-state index >= 15 is 0 Å². The van der Waals surface area contributed by atoms with Gasteiger partial charge in [0, 0.05) is 16.8 Å². The molecule has 0 radical (unpaired) electrons. The fourth-order valence-electron chi connectivity index (χ4n) is 1.41. The van der Waals surface area contributed by atoms with Gasteiger partial charge < -0.3 is 11.1 Å². The third kappa shape index (κ3) is 4.27. The quantitative estimate of drug-likeness (QED) is 0.814. The fraction of sp³-hybridized carbons (Fsp3) is 0.462. The van der Waals surface area contributed by atoms with Crippen LogP contribution in [0.15, 0.2) is 24.3 Å². The predicted octanol–water partition coefficient (Wildman–Crippen LogP) is 3.00. The molecule has 0 unspecified atom stereocenters. The van der Waals surface area contributed by atoms with E-state index < -0.39 is 0 Å². The summed E-state index contributed by atoms with van der Waals surface area (Å²) in [6.07, 6.45) is 1.84. The van der Waals surface area contributed by atoms with Crippen molar-refractivity contribution in [3.8, 4) is 0 Å². The lowest BCUT2D eigenvalue weighted by Crippen LogP contribution is -2.44. The SMILES string of the molecule is CCC(C)(CC)NC(=O)c1ccc(N)cc1.Cl. The van der Waals surface area contributed by atoms with E-state index in [4.69, 9.17) is 5.73 Å². The van der Waals surface area contributed by atoms with E-state index in [0.717, 1.165) is 12.8 Å². The van der Waals surface area contributed by atoms with E-state index in [1.165, 1.54) is 0 Å². The van der Waals surface area contributed by atoms with Crippen LogP contribution in [0.25, 0.3) is 0 Å². The molecule has 1 rings (SSSR count). The third-order valence-electron chi connectivity index (χ3n) is 3.15. The summed E-state index contributed by atoms with van der Waals surface area (Å²) in [5.74, 6) is -0.0359. The highest BCUT2D eigenvalue weighted by molar-refractivity contribution is 5.94. The second-order valence-corrected chi connectivity index (χ2v) is 4.34. The van der Waals surface area contributed by atoms with Crippen molar-refractivity contribution in [1.29, 1.82) is 0 Å². The van der Waals surface area contributed by atoms with Crippen molar-refractivity contribution in [3.63, 3.8) is 0 Å². The molecule has 0 spiro atoms. The average molecular weight is 257 g/mol. The first-order valence-corrected chi connectivity index (χ1v) is 5.69. The van der Waals surface area contributed by atoms with Crippen molar-refractivity contribution in [1.82, 2.24) is 5.32 Å². The molecular weight excluding hydrogens is 236 g/mol. The van der Waals surface area contributed by atoms with Crippen molar-refractivity contribution in [2.45, 2.75) is 39.2 Å². The molecule has 0 saturated carbocycles. The molecule has 0 atom stereocenters. The molecule has 0 bridgehead atoms. The second kappa shape index (κ2) is 6.50. The zero-order valence-corrected chi connectivity index (χ0v) is 11.4. The average Bonchev–Trinajstić information content (AvgIpc) is 2.29.